The van der Waals surface area contributed by atoms with Gasteiger partial charge in [-0.05, 0) is 73.3 Å². The Balaban J connectivity index is 1.55. The van der Waals surface area contributed by atoms with Gasteiger partial charge in [0.05, 0.1) is 11.0 Å². The average Bonchev–Trinajstić information content (AvgIpc) is 3.01. The van der Waals surface area contributed by atoms with E-state index in [-0.39, 0.29) is 28.9 Å². The summed E-state index contributed by atoms with van der Waals surface area (Å²) in [5, 5.41) is 31.7. The highest BCUT2D eigenvalue weighted by Gasteiger charge is 2.58. The summed E-state index contributed by atoms with van der Waals surface area (Å²) in [4.78, 5) is 10.2. The second-order valence-corrected chi connectivity index (χ2v) is 9.55. The Kier molecular flexibility index (Phi) is 4.70. The summed E-state index contributed by atoms with van der Waals surface area (Å²) in [5.41, 5.74) is 1.39. The predicted octanol–water partition coefficient (Wildman–Crippen LogP) is 4.71. The molecule has 2 aromatic carbocycles. The number of nitro groups is 1. The largest absolute Gasteiger partial charge is 0.508 e. The van der Waals surface area contributed by atoms with Crippen molar-refractivity contribution < 1.29 is 24.3 Å². The number of fused-ring (bicyclic) bond motifs is 5. The molecular weight excluding hydrogens is 401 g/mol. The molecule has 0 bridgehead atoms. The molecule has 0 heterocycles. The third-order valence-corrected chi connectivity index (χ3v) is 8.02. The maximum absolute atomic E-state index is 14.2. The summed E-state index contributed by atoms with van der Waals surface area (Å²) in [5.74, 6) is 0.333. The number of aliphatic hydroxyl groups excluding tert-OH is 1. The summed E-state index contributed by atoms with van der Waals surface area (Å²) < 4.78 is 20.5. The van der Waals surface area contributed by atoms with Gasteiger partial charge >= 0.3 is 5.69 Å². The molecule has 6 atom stereocenters. The molecular formula is C24H26FNO5. The fourth-order valence-corrected chi connectivity index (χ4v) is 6.59. The minimum Gasteiger partial charge on any atom is -0.508 e. The first kappa shape index (κ1) is 20.2. The van der Waals surface area contributed by atoms with Crippen molar-refractivity contribution in [1.29, 1.82) is 0 Å². The quantitative estimate of drug-likeness (QED) is 0.546. The van der Waals surface area contributed by atoms with E-state index in [9.17, 15) is 24.7 Å². The number of hydrogen-bond acceptors (Lipinski definition) is 5. The molecule has 164 valence electrons. The molecule has 5 rings (SSSR count). The van der Waals surface area contributed by atoms with Gasteiger partial charge in [0, 0.05) is 23.5 Å². The monoisotopic (exact) mass is 427 g/mol. The number of nitrogens with zero attached hydrogens (tertiary/aromatic N) is 1. The van der Waals surface area contributed by atoms with Crippen molar-refractivity contribution in [2.45, 2.75) is 57.2 Å². The number of ether oxygens (including phenoxy) is 1. The normalized spacial score (nSPS) is 33.8. The number of phenols is 1. The van der Waals surface area contributed by atoms with Crippen molar-refractivity contribution in [2.24, 2.45) is 17.3 Å². The van der Waals surface area contributed by atoms with Crippen LogP contribution in [-0.4, -0.2) is 27.3 Å². The van der Waals surface area contributed by atoms with Gasteiger partial charge in [0.15, 0.2) is 0 Å². The van der Waals surface area contributed by atoms with Gasteiger partial charge in [-0.1, -0.05) is 13.0 Å². The van der Waals surface area contributed by atoms with Crippen molar-refractivity contribution in [3.8, 4) is 11.5 Å². The molecule has 0 aromatic heterocycles. The molecule has 6 nitrogen and oxygen atoms in total. The maximum atomic E-state index is 14.2. The van der Waals surface area contributed by atoms with E-state index < -0.39 is 22.5 Å². The molecule has 2 fully saturated rings. The summed E-state index contributed by atoms with van der Waals surface area (Å²) in [6.45, 7) is 2.13. The minimum absolute atomic E-state index is 0.0611. The maximum Gasteiger partial charge on any atom is 0.305 e. The molecule has 0 amide bonds. The Hall–Kier alpha value is -2.67. The van der Waals surface area contributed by atoms with Gasteiger partial charge in [0.2, 0.25) is 5.82 Å². The summed E-state index contributed by atoms with van der Waals surface area (Å²) >= 11 is 0. The molecule has 0 saturated heterocycles. The number of rotatable bonds is 3. The number of aryl methyl sites for hydroxylation is 1. The van der Waals surface area contributed by atoms with Gasteiger partial charge < -0.3 is 14.9 Å². The van der Waals surface area contributed by atoms with Gasteiger partial charge in [-0.2, -0.15) is 4.39 Å². The van der Waals surface area contributed by atoms with Crippen molar-refractivity contribution in [2.75, 3.05) is 0 Å². The third kappa shape index (κ3) is 3.17. The van der Waals surface area contributed by atoms with Crippen LogP contribution in [0.25, 0.3) is 0 Å². The number of hydrogen-bond donors (Lipinski definition) is 2. The SMILES string of the molecule is C[C@]12C[C@H](Oc3ccc([N+](=O)[O-])c(F)c3)[C@@H]3c4ccc(O)cc4CC[C@H]3[C@@H]1CC[C@@H]2O. The zero-order chi connectivity index (χ0) is 21.9. The molecule has 31 heavy (non-hydrogen) atoms. The highest BCUT2D eigenvalue weighted by Crippen LogP contribution is 2.61. The van der Waals surface area contributed by atoms with Gasteiger partial charge in [-0.15, -0.1) is 0 Å². The molecule has 2 N–H and O–H groups in total. The molecule has 0 spiro atoms. The molecule has 7 heteroatoms. The first-order valence-corrected chi connectivity index (χ1v) is 10.9. The van der Waals surface area contributed by atoms with Crippen LogP contribution in [0.3, 0.4) is 0 Å². The molecule has 2 saturated carbocycles. The molecule has 0 radical (unpaired) electrons. The van der Waals surface area contributed by atoms with Crippen LogP contribution < -0.4 is 4.74 Å². The number of aromatic hydroxyl groups is 1. The van der Waals surface area contributed by atoms with E-state index >= 15 is 0 Å². The Morgan fingerprint density at radius 3 is 2.74 bits per heavy atom. The van der Waals surface area contributed by atoms with Gasteiger partial charge in [-0.25, -0.2) is 0 Å². The highest BCUT2D eigenvalue weighted by molar-refractivity contribution is 5.42. The first-order chi connectivity index (χ1) is 14.8. The van der Waals surface area contributed by atoms with E-state index in [1.807, 2.05) is 12.1 Å². The van der Waals surface area contributed by atoms with E-state index in [1.165, 1.54) is 6.07 Å². The van der Waals surface area contributed by atoms with Crippen LogP contribution in [0, 0.1) is 33.2 Å². The molecule has 3 aliphatic rings. The highest BCUT2D eigenvalue weighted by atomic mass is 19.1. The van der Waals surface area contributed by atoms with E-state index in [4.69, 9.17) is 4.74 Å². The standard InChI is InChI=1S/C24H26FNO5/c1-24-12-21(31-15-4-8-20(26(29)30)19(25)11-15)23-16-6-3-14(27)10-13(16)2-5-17(23)18(24)7-9-22(24)28/h3-4,6,8,10-11,17-18,21-23,27-28H,2,5,7,9,12H2,1H3/t17-,18-,21-,22-,23+,24-/m0/s1. The Morgan fingerprint density at radius 1 is 1.19 bits per heavy atom. The van der Waals surface area contributed by atoms with Crippen molar-refractivity contribution in [1.82, 2.24) is 0 Å². The zero-order valence-corrected chi connectivity index (χ0v) is 17.3. The van der Waals surface area contributed by atoms with E-state index in [1.54, 1.807) is 6.07 Å². The topological polar surface area (TPSA) is 92.8 Å². The van der Waals surface area contributed by atoms with Crippen LogP contribution in [0.15, 0.2) is 36.4 Å². The Labute approximate surface area is 179 Å². The first-order valence-electron chi connectivity index (χ1n) is 10.9. The fourth-order valence-electron chi connectivity index (χ4n) is 6.59. The predicted molar refractivity (Wildman–Crippen MR) is 112 cm³/mol. The van der Waals surface area contributed by atoms with Crippen LogP contribution in [0.5, 0.6) is 11.5 Å². The van der Waals surface area contributed by atoms with Crippen molar-refractivity contribution >= 4 is 5.69 Å². The summed E-state index contributed by atoms with van der Waals surface area (Å²) in [6.07, 6.45) is 3.48. The van der Waals surface area contributed by atoms with Crippen LogP contribution in [0.1, 0.15) is 49.7 Å². The minimum atomic E-state index is -0.922. The molecule has 0 aliphatic heterocycles. The Morgan fingerprint density at radius 2 is 2.00 bits per heavy atom. The molecule has 2 aromatic rings. The van der Waals surface area contributed by atoms with E-state index in [2.05, 4.69) is 6.92 Å². The number of benzene rings is 2. The van der Waals surface area contributed by atoms with Crippen LogP contribution in [-0.2, 0) is 6.42 Å². The summed E-state index contributed by atoms with van der Waals surface area (Å²) in [7, 11) is 0. The number of aliphatic hydroxyl groups is 1. The smallest absolute Gasteiger partial charge is 0.305 e. The molecule has 3 aliphatic carbocycles. The van der Waals surface area contributed by atoms with Gasteiger partial charge in [0.1, 0.15) is 17.6 Å². The van der Waals surface area contributed by atoms with E-state index in [0.29, 0.717) is 18.3 Å². The van der Waals surface area contributed by atoms with Gasteiger partial charge in [0.25, 0.3) is 0 Å². The van der Waals surface area contributed by atoms with Crippen molar-refractivity contribution in [3.05, 3.63) is 63.5 Å². The molecule has 0 unspecified atom stereocenters. The average molecular weight is 427 g/mol. The van der Waals surface area contributed by atoms with Crippen LogP contribution in [0.2, 0.25) is 0 Å². The number of nitro benzene ring substituents is 1. The summed E-state index contributed by atoms with van der Waals surface area (Å²) in [6, 6.07) is 9.12. The van der Waals surface area contributed by atoms with E-state index in [0.717, 1.165) is 48.9 Å². The van der Waals surface area contributed by atoms with Crippen LogP contribution >= 0.6 is 0 Å². The second kappa shape index (κ2) is 7.19. The lowest BCUT2D eigenvalue weighted by molar-refractivity contribution is -0.387. The fraction of sp³-hybridized carbons (Fsp3) is 0.500. The lowest BCUT2D eigenvalue weighted by Gasteiger charge is -2.53. The Bertz CT molecular complexity index is 1040. The lowest BCUT2D eigenvalue weighted by Crippen LogP contribution is -2.51. The van der Waals surface area contributed by atoms with Crippen LogP contribution in [0.4, 0.5) is 10.1 Å². The number of phenolic OH excluding ortho intramolecular Hbond substituents is 1. The number of halogens is 1. The zero-order valence-electron chi connectivity index (χ0n) is 17.3. The van der Waals surface area contributed by atoms with Crippen molar-refractivity contribution in [3.63, 3.8) is 0 Å². The third-order valence-electron chi connectivity index (χ3n) is 8.02. The van der Waals surface area contributed by atoms with Gasteiger partial charge in [-0.3, -0.25) is 10.1 Å². The second-order valence-electron chi connectivity index (χ2n) is 9.55. The lowest BCUT2D eigenvalue weighted by atomic mass is 9.54.